The summed E-state index contributed by atoms with van der Waals surface area (Å²) in [5.74, 6) is 1.02. The number of carbonyl (C=O) groups excluding carboxylic acids is 2. The van der Waals surface area contributed by atoms with Crippen LogP contribution in [0.1, 0.15) is 47.4 Å². The minimum Gasteiger partial charge on any atom is -0.492 e. The summed E-state index contributed by atoms with van der Waals surface area (Å²) in [6.45, 7) is 6.18. The molecule has 27 heavy (non-hydrogen) atoms. The first-order valence-electron chi connectivity index (χ1n) is 9.51. The Labute approximate surface area is 160 Å². The van der Waals surface area contributed by atoms with Crippen LogP contribution in [0.4, 0.5) is 5.69 Å². The number of piperidine rings is 1. The molecule has 3 rings (SSSR count). The van der Waals surface area contributed by atoms with Crippen molar-refractivity contribution in [2.75, 3.05) is 25.0 Å². The Bertz CT molecular complexity index is 811. The van der Waals surface area contributed by atoms with Crippen LogP contribution in [0, 0.1) is 5.92 Å². The molecule has 1 saturated heterocycles. The van der Waals surface area contributed by atoms with Gasteiger partial charge in [0.15, 0.2) is 0 Å². The number of para-hydroxylation sites is 2. The Morgan fingerprint density at radius 1 is 1.07 bits per heavy atom. The number of benzene rings is 2. The molecule has 1 N–H and O–H groups in total. The fraction of sp³-hybridized carbons (Fsp3) is 0.364. The van der Waals surface area contributed by atoms with Crippen molar-refractivity contribution in [2.45, 2.75) is 26.7 Å². The summed E-state index contributed by atoms with van der Waals surface area (Å²) in [5.41, 5.74) is 1.62. The highest BCUT2D eigenvalue weighted by molar-refractivity contribution is 6.06. The van der Waals surface area contributed by atoms with E-state index in [2.05, 4.69) is 12.2 Å². The van der Waals surface area contributed by atoms with Crippen LogP contribution in [0.3, 0.4) is 0 Å². The summed E-state index contributed by atoms with van der Waals surface area (Å²) in [6, 6.07) is 14.2. The number of rotatable bonds is 5. The van der Waals surface area contributed by atoms with Crippen molar-refractivity contribution < 1.29 is 14.3 Å². The van der Waals surface area contributed by atoms with E-state index < -0.39 is 0 Å². The van der Waals surface area contributed by atoms with Gasteiger partial charge in [-0.2, -0.15) is 0 Å². The molecular formula is C22H26N2O3. The van der Waals surface area contributed by atoms with Crippen molar-refractivity contribution in [2.24, 2.45) is 5.92 Å². The van der Waals surface area contributed by atoms with E-state index in [9.17, 15) is 9.59 Å². The third-order valence-corrected chi connectivity index (χ3v) is 4.88. The summed E-state index contributed by atoms with van der Waals surface area (Å²) >= 11 is 0. The van der Waals surface area contributed by atoms with Crippen LogP contribution in [0.2, 0.25) is 0 Å². The molecule has 2 amide bonds. The molecule has 142 valence electrons. The number of nitrogens with one attached hydrogen (secondary N) is 1. The number of anilines is 1. The Balaban J connectivity index is 1.73. The van der Waals surface area contributed by atoms with E-state index in [0.29, 0.717) is 35.1 Å². The Morgan fingerprint density at radius 2 is 1.78 bits per heavy atom. The fourth-order valence-corrected chi connectivity index (χ4v) is 3.23. The molecule has 0 aromatic heterocycles. The molecule has 0 radical (unpaired) electrons. The van der Waals surface area contributed by atoms with Crippen molar-refractivity contribution in [3.63, 3.8) is 0 Å². The second kappa shape index (κ2) is 8.71. The molecule has 0 unspecified atom stereocenters. The number of hydrogen-bond donors (Lipinski definition) is 1. The second-order valence-electron chi connectivity index (χ2n) is 6.94. The first-order valence-corrected chi connectivity index (χ1v) is 9.51. The molecule has 1 fully saturated rings. The van der Waals surface area contributed by atoms with Crippen molar-refractivity contribution in [1.29, 1.82) is 0 Å². The lowest BCUT2D eigenvalue weighted by Gasteiger charge is -2.30. The molecule has 0 bridgehead atoms. The Kier molecular flexibility index (Phi) is 6.12. The zero-order chi connectivity index (χ0) is 19.2. The third kappa shape index (κ3) is 4.67. The van der Waals surface area contributed by atoms with Gasteiger partial charge in [-0.15, -0.1) is 0 Å². The van der Waals surface area contributed by atoms with Gasteiger partial charge >= 0.3 is 0 Å². The smallest absolute Gasteiger partial charge is 0.255 e. The predicted octanol–water partition coefficient (Wildman–Crippen LogP) is 4.21. The van der Waals surface area contributed by atoms with Crippen molar-refractivity contribution in [3.05, 3.63) is 59.7 Å². The van der Waals surface area contributed by atoms with Gasteiger partial charge in [-0.1, -0.05) is 25.1 Å². The van der Waals surface area contributed by atoms with E-state index in [0.717, 1.165) is 25.9 Å². The normalized spacial score (nSPS) is 14.7. The molecule has 0 saturated carbocycles. The highest BCUT2D eigenvalue weighted by atomic mass is 16.5. The molecule has 0 spiro atoms. The third-order valence-electron chi connectivity index (χ3n) is 4.88. The maximum Gasteiger partial charge on any atom is 0.255 e. The van der Waals surface area contributed by atoms with Crippen molar-refractivity contribution >= 4 is 17.5 Å². The van der Waals surface area contributed by atoms with Crippen LogP contribution >= 0.6 is 0 Å². The van der Waals surface area contributed by atoms with Gasteiger partial charge < -0.3 is 15.0 Å². The van der Waals surface area contributed by atoms with E-state index in [1.54, 1.807) is 30.3 Å². The monoisotopic (exact) mass is 366 g/mol. The van der Waals surface area contributed by atoms with Gasteiger partial charge in [-0.3, -0.25) is 9.59 Å². The van der Waals surface area contributed by atoms with E-state index >= 15 is 0 Å². The molecule has 2 aromatic carbocycles. The first-order chi connectivity index (χ1) is 13.1. The molecule has 1 aliphatic heterocycles. The van der Waals surface area contributed by atoms with Gasteiger partial charge in [0, 0.05) is 24.2 Å². The van der Waals surface area contributed by atoms with Gasteiger partial charge in [0.05, 0.1) is 12.3 Å². The maximum absolute atomic E-state index is 12.8. The predicted molar refractivity (Wildman–Crippen MR) is 106 cm³/mol. The zero-order valence-corrected chi connectivity index (χ0v) is 15.9. The number of hydrogen-bond acceptors (Lipinski definition) is 3. The SMILES string of the molecule is CCOc1ccccc1NC(=O)c1cccc(C(=O)N2CCC(C)CC2)c1. The zero-order valence-electron chi connectivity index (χ0n) is 15.9. The van der Waals surface area contributed by atoms with Crippen molar-refractivity contribution in [3.8, 4) is 5.75 Å². The molecule has 1 aliphatic rings. The van der Waals surface area contributed by atoms with Gasteiger partial charge in [-0.25, -0.2) is 0 Å². The van der Waals surface area contributed by atoms with Crippen LogP contribution in [-0.4, -0.2) is 36.4 Å². The minimum atomic E-state index is -0.260. The van der Waals surface area contributed by atoms with Crippen LogP contribution in [0.5, 0.6) is 5.75 Å². The van der Waals surface area contributed by atoms with Gasteiger partial charge in [-0.05, 0) is 56.0 Å². The maximum atomic E-state index is 12.8. The lowest BCUT2D eigenvalue weighted by atomic mass is 9.98. The lowest BCUT2D eigenvalue weighted by Crippen LogP contribution is -2.38. The van der Waals surface area contributed by atoms with Gasteiger partial charge in [0.1, 0.15) is 5.75 Å². The summed E-state index contributed by atoms with van der Waals surface area (Å²) in [6.07, 6.45) is 2.06. The van der Waals surface area contributed by atoms with E-state index in [1.165, 1.54) is 0 Å². The largest absolute Gasteiger partial charge is 0.492 e. The van der Waals surface area contributed by atoms with E-state index in [-0.39, 0.29) is 11.8 Å². The van der Waals surface area contributed by atoms with Crippen LogP contribution < -0.4 is 10.1 Å². The average Bonchev–Trinajstić information content (AvgIpc) is 2.70. The summed E-state index contributed by atoms with van der Waals surface area (Å²) in [4.78, 5) is 27.3. The van der Waals surface area contributed by atoms with E-state index in [4.69, 9.17) is 4.74 Å². The molecule has 0 aliphatic carbocycles. The number of carbonyl (C=O) groups is 2. The molecular weight excluding hydrogens is 340 g/mol. The highest BCUT2D eigenvalue weighted by Crippen LogP contribution is 2.24. The summed E-state index contributed by atoms with van der Waals surface area (Å²) in [5, 5.41) is 2.87. The fourth-order valence-electron chi connectivity index (χ4n) is 3.23. The second-order valence-corrected chi connectivity index (χ2v) is 6.94. The standard InChI is InChI=1S/C22H26N2O3/c1-3-27-20-10-5-4-9-19(20)23-21(25)17-7-6-8-18(15-17)22(26)24-13-11-16(2)12-14-24/h4-10,15-16H,3,11-14H2,1-2H3,(H,23,25). The summed E-state index contributed by atoms with van der Waals surface area (Å²) < 4.78 is 5.55. The number of nitrogens with zero attached hydrogens (tertiary/aromatic N) is 1. The average molecular weight is 366 g/mol. The quantitative estimate of drug-likeness (QED) is 0.862. The molecule has 5 nitrogen and oxygen atoms in total. The summed E-state index contributed by atoms with van der Waals surface area (Å²) in [7, 11) is 0. The topological polar surface area (TPSA) is 58.6 Å². The molecule has 1 heterocycles. The number of ether oxygens (including phenoxy) is 1. The van der Waals surface area contributed by atoms with Crippen molar-refractivity contribution in [1.82, 2.24) is 4.90 Å². The highest BCUT2D eigenvalue weighted by Gasteiger charge is 2.22. The molecule has 2 aromatic rings. The van der Waals surface area contributed by atoms with Gasteiger partial charge in [0.2, 0.25) is 0 Å². The van der Waals surface area contributed by atoms with Crippen LogP contribution in [-0.2, 0) is 0 Å². The lowest BCUT2D eigenvalue weighted by molar-refractivity contribution is 0.0697. The van der Waals surface area contributed by atoms with Gasteiger partial charge in [0.25, 0.3) is 11.8 Å². The number of amides is 2. The molecule has 0 atom stereocenters. The molecule has 5 heteroatoms. The van der Waals surface area contributed by atoms with E-state index in [1.807, 2.05) is 30.0 Å². The number of likely N-dealkylation sites (tertiary alicyclic amines) is 1. The van der Waals surface area contributed by atoms with Crippen LogP contribution in [0.25, 0.3) is 0 Å². The first kappa shape index (κ1) is 19.0. The minimum absolute atomic E-state index is 0.00809. The Hall–Kier alpha value is -2.82. The van der Waals surface area contributed by atoms with Crippen LogP contribution in [0.15, 0.2) is 48.5 Å². The Morgan fingerprint density at radius 3 is 2.52 bits per heavy atom.